The molecule has 9 nitrogen and oxygen atoms in total. The van der Waals surface area contributed by atoms with Crippen molar-refractivity contribution in [2.75, 3.05) is 7.11 Å². The number of aryl methyl sites for hydroxylation is 1. The quantitative estimate of drug-likeness (QED) is 0.494. The van der Waals surface area contributed by atoms with Gasteiger partial charge < -0.3 is 4.74 Å². The second kappa shape index (κ2) is 8.17. The Kier molecular flexibility index (Phi) is 5.50. The van der Waals surface area contributed by atoms with Crippen LogP contribution in [0.5, 0.6) is 5.75 Å². The van der Waals surface area contributed by atoms with Crippen LogP contribution in [0.3, 0.4) is 0 Å². The molecule has 0 fully saturated rings. The summed E-state index contributed by atoms with van der Waals surface area (Å²) in [5.41, 5.74) is 7.40. The third-order valence-electron chi connectivity index (χ3n) is 3.88. The van der Waals surface area contributed by atoms with Gasteiger partial charge in [-0.15, -0.1) is 0 Å². The molecule has 0 saturated heterocycles. The number of carbonyl (C=O) groups excluding carboxylic acids is 2. The van der Waals surface area contributed by atoms with Crippen LogP contribution in [-0.2, 0) is 6.42 Å². The molecular formula is C18H20N6O3. The van der Waals surface area contributed by atoms with Gasteiger partial charge in [-0.3, -0.25) is 30.6 Å². The number of amides is 2. The highest BCUT2D eigenvalue weighted by molar-refractivity contribution is 5.97. The zero-order chi connectivity index (χ0) is 19.2. The summed E-state index contributed by atoms with van der Waals surface area (Å²) in [6.07, 6.45) is 1.74. The number of hydrogen-bond donors (Lipinski definition) is 4. The third-order valence-corrected chi connectivity index (χ3v) is 3.88. The minimum Gasteiger partial charge on any atom is -0.497 e. The maximum atomic E-state index is 12.2. The number of aromatic amines is 2. The predicted octanol–water partition coefficient (Wildman–Crippen LogP) is 1.84. The van der Waals surface area contributed by atoms with E-state index in [0.717, 1.165) is 29.8 Å². The van der Waals surface area contributed by atoms with E-state index in [-0.39, 0.29) is 11.4 Å². The normalized spacial score (nSPS) is 10.4. The van der Waals surface area contributed by atoms with E-state index >= 15 is 0 Å². The van der Waals surface area contributed by atoms with Gasteiger partial charge in [0.2, 0.25) is 0 Å². The molecule has 3 rings (SSSR count). The van der Waals surface area contributed by atoms with Crippen molar-refractivity contribution >= 4 is 11.8 Å². The lowest BCUT2D eigenvalue weighted by Crippen LogP contribution is -2.41. The topological polar surface area (TPSA) is 125 Å². The first-order chi connectivity index (χ1) is 13.1. The van der Waals surface area contributed by atoms with Crippen LogP contribution in [0.4, 0.5) is 0 Å². The van der Waals surface area contributed by atoms with Crippen LogP contribution >= 0.6 is 0 Å². The molecule has 0 spiro atoms. The van der Waals surface area contributed by atoms with Crippen molar-refractivity contribution in [2.24, 2.45) is 0 Å². The average molecular weight is 368 g/mol. The molecule has 0 saturated carbocycles. The summed E-state index contributed by atoms with van der Waals surface area (Å²) in [4.78, 5) is 24.2. The Morgan fingerprint density at radius 1 is 1.04 bits per heavy atom. The largest absolute Gasteiger partial charge is 0.497 e. The first kappa shape index (κ1) is 18.2. The lowest BCUT2D eigenvalue weighted by molar-refractivity contribution is 0.0841. The van der Waals surface area contributed by atoms with E-state index in [1.165, 1.54) is 0 Å². The zero-order valence-corrected chi connectivity index (χ0v) is 15.0. The molecule has 0 aliphatic heterocycles. The molecule has 3 aromatic rings. The molecule has 2 amide bonds. The standard InChI is InChI=1S/C18H20N6O3/c1-3-4-12-9-15(21-19-12)17(25)23-24-18(26)16-10-14(20-22-16)11-5-7-13(27-2)8-6-11/h5-10H,3-4H2,1-2H3,(H,19,21)(H,20,22)(H,23,25)(H,24,26). The van der Waals surface area contributed by atoms with Gasteiger partial charge in [0.25, 0.3) is 11.8 Å². The molecule has 0 atom stereocenters. The summed E-state index contributed by atoms with van der Waals surface area (Å²) in [6.45, 7) is 2.03. The van der Waals surface area contributed by atoms with Crippen molar-refractivity contribution < 1.29 is 14.3 Å². The molecule has 2 heterocycles. The van der Waals surface area contributed by atoms with Crippen molar-refractivity contribution in [2.45, 2.75) is 19.8 Å². The predicted molar refractivity (Wildman–Crippen MR) is 98.1 cm³/mol. The van der Waals surface area contributed by atoms with Crippen LogP contribution in [0.1, 0.15) is 40.0 Å². The number of benzene rings is 1. The van der Waals surface area contributed by atoms with Gasteiger partial charge >= 0.3 is 0 Å². The van der Waals surface area contributed by atoms with E-state index in [2.05, 4.69) is 31.2 Å². The number of aromatic nitrogens is 4. The summed E-state index contributed by atoms with van der Waals surface area (Å²) in [5, 5.41) is 13.5. The van der Waals surface area contributed by atoms with Crippen molar-refractivity contribution in [3.05, 3.63) is 53.5 Å². The van der Waals surface area contributed by atoms with E-state index in [0.29, 0.717) is 5.69 Å². The number of methoxy groups -OCH3 is 1. The summed E-state index contributed by atoms with van der Waals surface area (Å²) in [6, 6.07) is 10.5. The Morgan fingerprint density at radius 3 is 2.48 bits per heavy atom. The Bertz CT molecular complexity index is 929. The SMILES string of the molecule is CCCc1cc(C(=O)NNC(=O)c2cc(-c3ccc(OC)cc3)n[nH]2)n[nH]1. The number of nitrogens with one attached hydrogen (secondary N) is 4. The highest BCUT2D eigenvalue weighted by Gasteiger charge is 2.14. The summed E-state index contributed by atoms with van der Waals surface area (Å²) in [7, 11) is 1.59. The summed E-state index contributed by atoms with van der Waals surface area (Å²) in [5.74, 6) is -0.285. The molecule has 9 heteroatoms. The van der Waals surface area contributed by atoms with Crippen LogP contribution in [0.25, 0.3) is 11.3 Å². The fourth-order valence-corrected chi connectivity index (χ4v) is 2.47. The molecule has 0 radical (unpaired) electrons. The maximum Gasteiger partial charge on any atom is 0.290 e. The minimum atomic E-state index is -0.514. The van der Waals surface area contributed by atoms with Gasteiger partial charge in [0.05, 0.1) is 12.8 Å². The molecule has 27 heavy (non-hydrogen) atoms. The van der Waals surface area contributed by atoms with Crippen LogP contribution in [0.2, 0.25) is 0 Å². The van der Waals surface area contributed by atoms with Gasteiger partial charge in [-0.05, 0) is 42.8 Å². The smallest absolute Gasteiger partial charge is 0.290 e. The van der Waals surface area contributed by atoms with Crippen LogP contribution in [-0.4, -0.2) is 39.3 Å². The Labute approximate surface area is 155 Å². The Balaban J connectivity index is 1.59. The van der Waals surface area contributed by atoms with E-state index in [9.17, 15) is 9.59 Å². The van der Waals surface area contributed by atoms with E-state index in [1.807, 2.05) is 19.1 Å². The second-order valence-corrected chi connectivity index (χ2v) is 5.83. The fraction of sp³-hybridized carbons (Fsp3) is 0.222. The number of hydrazine groups is 1. The molecular weight excluding hydrogens is 348 g/mol. The van der Waals surface area contributed by atoms with Crippen molar-refractivity contribution in [3.63, 3.8) is 0 Å². The van der Waals surface area contributed by atoms with Crippen molar-refractivity contribution in [1.82, 2.24) is 31.2 Å². The van der Waals surface area contributed by atoms with Gasteiger partial charge in [-0.25, -0.2) is 0 Å². The number of carbonyl (C=O) groups is 2. The number of H-pyrrole nitrogens is 2. The second-order valence-electron chi connectivity index (χ2n) is 5.83. The average Bonchev–Trinajstić information content (AvgIpc) is 3.36. The summed E-state index contributed by atoms with van der Waals surface area (Å²) < 4.78 is 5.11. The Morgan fingerprint density at radius 2 is 1.78 bits per heavy atom. The number of ether oxygens (including phenoxy) is 1. The fourth-order valence-electron chi connectivity index (χ4n) is 2.47. The number of rotatable bonds is 6. The first-order valence-electron chi connectivity index (χ1n) is 8.45. The van der Waals surface area contributed by atoms with Crippen LogP contribution in [0.15, 0.2) is 36.4 Å². The molecule has 2 aromatic heterocycles. The van der Waals surface area contributed by atoms with Crippen molar-refractivity contribution in [3.8, 4) is 17.0 Å². The Hall–Kier alpha value is -3.62. The van der Waals surface area contributed by atoms with Gasteiger partial charge in [0, 0.05) is 11.3 Å². The third kappa shape index (κ3) is 4.32. The lowest BCUT2D eigenvalue weighted by atomic mass is 10.1. The minimum absolute atomic E-state index is 0.210. The number of nitrogens with zero attached hydrogens (tertiary/aromatic N) is 2. The molecule has 0 aliphatic carbocycles. The molecule has 4 N–H and O–H groups in total. The van der Waals surface area contributed by atoms with E-state index in [4.69, 9.17) is 4.74 Å². The molecule has 0 bridgehead atoms. The molecule has 140 valence electrons. The van der Waals surface area contributed by atoms with Gasteiger partial charge in [0.15, 0.2) is 5.69 Å². The van der Waals surface area contributed by atoms with Crippen molar-refractivity contribution in [1.29, 1.82) is 0 Å². The van der Waals surface area contributed by atoms with Gasteiger partial charge in [-0.1, -0.05) is 13.3 Å². The highest BCUT2D eigenvalue weighted by atomic mass is 16.5. The molecule has 0 unspecified atom stereocenters. The van der Waals surface area contributed by atoms with Crippen LogP contribution in [0, 0.1) is 0 Å². The van der Waals surface area contributed by atoms with Crippen LogP contribution < -0.4 is 15.6 Å². The zero-order valence-electron chi connectivity index (χ0n) is 15.0. The molecule has 0 aliphatic rings. The molecule has 1 aromatic carbocycles. The summed E-state index contributed by atoms with van der Waals surface area (Å²) >= 11 is 0. The van der Waals surface area contributed by atoms with E-state index < -0.39 is 11.8 Å². The van der Waals surface area contributed by atoms with Gasteiger partial charge in [0.1, 0.15) is 11.4 Å². The van der Waals surface area contributed by atoms with E-state index in [1.54, 1.807) is 31.4 Å². The van der Waals surface area contributed by atoms with Gasteiger partial charge in [-0.2, -0.15) is 10.2 Å². The monoisotopic (exact) mass is 368 g/mol. The number of hydrogen-bond acceptors (Lipinski definition) is 5. The highest BCUT2D eigenvalue weighted by Crippen LogP contribution is 2.21. The lowest BCUT2D eigenvalue weighted by Gasteiger charge is -2.03. The maximum absolute atomic E-state index is 12.2. The first-order valence-corrected chi connectivity index (χ1v) is 8.45.